The van der Waals surface area contributed by atoms with Gasteiger partial charge < -0.3 is 14.6 Å². The molecule has 1 fully saturated rings. The first-order chi connectivity index (χ1) is 11.6. The van der Waals surface area contributed by atoms with Crippen molar-refractivity contribution in [1.29, 1.82) is 0 Å². The van der Waals surface area contributed by atoms with E-state index in [0.29, 0.717) is 11.9 Å². The van der Waals surface area contributed by atoms with Gasteiger partial charge in [0.1, 0.15) is 5.75 Å². The van der Waals surface area contributed by atoms with Crippen molar-refractivity contribution in [2.24, 2.45) is 0 Å². The number of benzene rings is 1. The van der Waals surface area contributed by atoms with Crippen LogP contribution in [0.1, 0.15) is 35.7 Å². The van der Waals surface area contributed by atoms with E-state index in [1.165, 1.54) is 24.0 Å². The molecule has 24 heavy (non-hydrogen) atoms. The second-order valence-electron chi connectivity index (χ2n) is 6.50. The number of hydrogen-bond donors (Lipinski definition) is 1. The summed E-state index contributed by atoms with van der Waals surface area (Å²) in [6.45, 7) is 7.60. The summed E-state index contributed by atoms with van der Waals surface area (Å²) in [4.78, 5) is 6.69. The van der Waals surface area contributed by atoms with Crippen molar-refractivity contribution in [1.82, 2.24) is 20.4 Å². The highest BCUT2D eigenvalue weighted by Crippen LogP contribution is 2.20. The van der Waals surface area contributed by atoms with Crippen LogP contribution in [0.15, 0.2) is 22.7 Å². The van der Waals surface area contributed by atoms with Gasteiger partial charge in [-0.05, 0) is 32.4 Å². The normalized spacial score (nSPS) is 18.7. The van der Waals surface area contributed by atoms with Gasteiger partial charge in [0.2, 0.25) is 5.89 Å². The maximum absolute atomic E-state index is 5.47. The minimum absolute atomic E-state index is 0.469. The van der Waals surface area contributed by atoms with Crippen LogP contribution < -0.4 is 10.1 Å². The summed E-state index contributed by atoms with van der Waals surface area (Å²) in [6.07, 6.45) is 2.37. The smallest absolute Gasteiger partial charge is 0.223 e. The summed E-state index contributed by atoms with van der Waals surface area (Å²) in [5, 5.41) is 7.67. The van der Waals surface area contributed by atoms with E-state index in [1.54, 1.807) is 7.11 Å². The Morgan fingerprint density at radius 1 is 1.38 bits per heavy atom. The van der Waals surface area contributed by atoms with Crippen molar-refractivity contribution in [3.05, 3.63) is 41.0 Å². The third-order valence-electron chi connectivity index (χ3n) is 4.46. The van der Waals surface area contributed by atoms with Gasteiger partial charge in [-0.25, -0.2) is 0 Å². The van der Waals surface area contributed by atoms with Gasteiger partial charge in [0.15, 0.2) is 5.82 Å². The van der Waals surface area contributed by atoms with Crippen molar-refractivity contribution in [2.75, 3.05) is 20.2 Å². The molecule has 0 unspecified atom stereocenters. The zero-order valence-electron chi connectivity index (χ0n) is 14.7. The van der Waals surface area contributed by atoms with E-state index in [1.807, 2.05) is 13.0 Å². The minimum atomic E-state index is 0.469. The topological polar surface area (TPSA) is 63.4 Å². The van der Waals surface area contributed by atoms with Gasteiger partial charge in [0.05, 0.1) is 13.7 Å². The molecule has 2 aromatic rings. The number of nitrogens with one attached hydrogen (secondary N) is 1. The Kier molecular flexibility index (Phi) is 5.48. The lowest BCUT2D eigenvalue weighted by Crippen LogP contribution is -2.45. The van der Waals surface area contributed by atoms with Gasteiger partial charge in [-0.2, -0.15) is 4.98 Å². The van der Waals surface area contributed by atoms with Gasteiger partial charge in [-0.15, -0.1) is 0 Å². The van der Waals surface area contributed by atoms with Crippen LogP contribution in [-0.4, -0.2) is 41.3 Å². The van der Waals surface area contributed by atoms with Crippen molar-refractivity contribution >= 4 is 0 Å². The zero-order chi connectivity index (χ0) is 16.9. The fourth-order valence-electron chi connectivity index (χ4n) is 3.27. The van der Waals surface area contributed by atoms with E-state index < -0.39 is 0 Å². The molecule has 3 rings (SSSR count). The van der Waals surface area contributed by atoms with Crippen LogP contribution in [0.3, 0.4) is 0 Å². The van der Waals surface area contributed by atoms with Crippen molar-refractivity contribution in [3.63, 3.8) is 0 Å². The molecular formula is C18H26N4O2. The fraction of sp³-hybridized carbons (Fsp3) is 0.556. The first-order valence-electron chi connectivity index (χ1n) is 8.52. The van der Waals surface area contributed by atoms with E-state index in [9.17, 15) is 0 Å². The number of rotatable bonds is 6. The van der Waals surface area contributed by atoms with Crippen LogP contribution in [0.5, 0.6) is 5.75 Å². The molecule has 2 heterocycles. The number of aryl methyl sites for hydroxylation is 2. The van der Waals surface area contributed by atoms with Crippen LogP contribution >= 0.6 is 0 Å². The highest BCUT2D eigenvalue weighted by atomic mass is 16.5. The lowest BCUT2D eigenvalue weighted by molar-refractivity contribution is 0.177. The molecule has 1 saturated heterocycles. The van der Waals surface area contributed by atoms with E-state index in [2.05, 4.69) is 39.4 Å². The summed E-state index contributed by atoms with van der Waals surface area (Å²) >= 11 is 0. The molecule has 1 N–H and O–H groups in total. The monoisotopic (exact) mass is 330 g/mol. The van der Waals surface area contributed by atoms with E-state index in [4.69, 9.17) is 9.26 Å². The molecule has 1 aromatic carbocycles. The molecule has 0 radical (unpaired) electrons. The Morgan fingerprint density at radius 3 is 3.00 bits per heavy atom. The number of piperidine rings is 1. The lowest BCUT2D eigenvalue weighted by Gasteiger charge is -2.32. The van der Waals surface area contributed by atoms with E-state index in [0.717, 1.165) is 37.8 Å². The third kappa shape index (κ3) is 4.33. The molecule has 6 heteroatoms. The largest absolute Gasteiger partial charge is 0.496 e. The Balaban J connectivity index is 1.55. The van der Waals surface area contributed by atoms with Gasteiger partial charge >= 0.3 is 0 Å². The molecule has 0 amide bonds. The van der Waals surface area contributed by atoms with Crippen LogP contribution in [0.4, 0.5) is 0 Å². The molecule has 6 nitrogen and oxygen atoms in total. The Hall–Kier alpha value is -1.92. The van der Waals surface area contributed by atoms with E-state index >= 15 is 0 Å². The molecule has 0 saturated carbocycles. The first-order valence-corrected chi connectivity index (χ1v) is 8.52. The molecule has 1 aliphatic heterocycles. The molecule has 1 atom stereocenters. The predicted molar refractivity (Wildman–Crippen MR) is 91.9 cm³/mol. The lowest BCUT2D eigenvalue weighted by atomic mass is 10.0. The van der Waals surface area contributed by atoms with Crippen LogP contribution in [0.2, 0.25) is 0 Å². The standard InChI is InChI=1S/C18H26N4O2/c1-13-6-7-17(23-3)15(9-13)10-19-16-5-4-8-22(11-16)12-18-20-14(2)24-21-18/h6-7,9,16,19H,4-5,8,10-12H2,1-3H3/t16-/m0/s1. The van der Waals surface area contributed by atoms with Crippen molar-refractivity contribution in [2.45, 2.75) is 45.8 Å². The second kappa shape index (κ2) is 7.77. The number of hydrogen-bond acceptors (Lipinski definition) is 6. The number of methoxy groups -OCH3 is 1. The summed E-state index contributed by atoms with van der Waals surface area (Å²) in [7, 11) is 1.73. The average molecular weight is 330 g/mol. The Morgan fingerprint density at radius 2 is 2.25 bits per heavy atom. The maximum Gasteiger partial charge on any atom is 0.223 e. The van der Waals surface area contributed by atoms with Gasteiger partial charge in [0, 0.05) is 31.6 Å². The van der Waals surface area contributed by atoms with Gasteiger partial charge in [0.25, 0.3) is 0 Å². The van der Waals surface area contributed by atoms with Gasteiger partial charge in [-0.3, -0.25) is 4.90 Å². The molecule has 1 aliphatic rings. The first kappa shape index (κ1) is 16.9. The van der Waals surface area contributed by atoms with Crippen LogP contribution in [0, 0.1) is 13.8 Å². The van der Waals surface area contributed by atoms with Crippen molar-refractivity contribution < 1.29 is 9.26 Å². The maximum atomic E-state index is 5.47. The quantitative estimate of drug-likeness (QED) is 0.878. The molecule has 1 aromatic heterocycles. The Labute approximate surface area is 143 Å². The third-order valence-corrected chi connectivity index (χ3v) is 4.46. The summed E-state index contributed by atoms with van der Waals surface area (Å²) in [5.41, 5.74) is 2.47. The molecule has 0 bridgehead atoms. The molecular weight excluding hydrogens is 304 g/mol. The number of aromatic nitrogens is 2. The minimum Gasteiger partial charge on any atom is -0.496 e. The average Bonchev–Trinajstić information content (AvgIpc) is 2.98. The van der Waals surface area contributed by atoms with Gasteiger partial charge in [-0.1, -0.05) is 22.9 Å². The molecule has 0 aliphatic carbocycles. The summed E-state index contributed by atoms with van der Waals surface area (Å²) < 4.78 is 10.5. The summed E-state index contributed by atoms with van der Waals surface area (Å²) in [5.74, 6) is 2.35. The second-order valence-corrected chi connectivity index (χ2v) is 6.50. The van der Waals surface area contributed by atoms with Crippen LogP contribution in [0.25, 0.3) is 0 Å². The number of ether oxygens (including phenoxy) is 1. The van der Waals surface area contributed by atoms with E-state index in [-0.39, 0.29) is 0 Å². The highest BCUT2D eigenvalue weighted by molar-refractivity contribution is 5.36. The van der Waals surface area contributed by atoms with Crippen molar-refractivity contribution in [3.8, 4) is 5.75 Å². The number of nitrogens with zero attached hydrogens (tertiary/aromatic N) is 3. The fourth-order valence-corrected chi connectivity index (χ4v) is 3.27. The number of likely N-dealkylation sites (tertiary alicyclic amines) is 1. The Bertz CT molecular complexity index is 671. The van der Waals surface area contributed by atoms with Crippen LogP contribution in [-0.2, 0) is 13.1 Å². The highest BCUT2D eigenvalue weighted by Gasteiger charge is 2.21. The molecule has 0 spiro atoms. The summed E-state index contributed by atoms with van der Waals surface area (Å²) in [6, 6.07) is 6.78. The zero-order valence-corrected chi connectivity index (χ0v) is 14.7. The predicted octanol–water partition coefficient (Wildman–Crippen LogP) is 2.45. The molecule has 130 valence electrons. The SMILES string of the molecule is COc1ccc(C)cc1CN[C@H]1CCCN(Cc2noc(C)n2)C1.